The normalized spacial score (nSPS) is 26.5. The lowest BCUT2D eigenvalue weighted by Crippen LogP contribution is -2.43. The number of allylic oxidation sites excluding steroid dienone is 6. The van der Waals surface area contributed by atoms with E-state index in [1.165, 1.54) is 19.2 Å². The molecule has 10 heteroatoms. The van der Waals surface area contributed by atoms with Crippen molar-refractivity contribution >= 4 is 23.5 Å². The summed E-state index contributed by atoms with van der Waals surface area (Å²) >= 11 is 0. The number of hydrogen-bond donors (Lipinski definition) is 5. The van der Waals surface area contributed by atoms with Crippen LogP contribution in [-0.4, -0.2) is 64.6 Å². The van der Waals surface area contributed by atoms with Gasteiger partial charge in [0.2, 0.25) is 11.8 Å². The van der Waals surface area contributed by atoms with Gasteiger partial charge in [0.05, 0.1) is 24.3 Å². The maximum absolute atomic E-state index is 13.0. The number of fused-ring (bicyclic) bond motifs is 2. The second-order valence-electron chi connectivity index (χ2n) is 10.9. The Balaban J connectivity index is 2.36. The number of phenols is 2. The van der Waals surface area contributed by atoms with Gasteiger partial charge in [-0.2, -0.15) is 0 Å². The molecule has 44 heavy (non-hydrogen) atoms. The van der Waals surface area contributed by atoms with Gasteiger partial charge < -0.3 is 35.4 Å². The number of phenolic OH excluding ortho intramolecular Hbond substituents is 2. The van der Waals surface area contributed by atoms with E-state index >= 15 is 0 Å². The van der Waals surface area contributed by atoms with Crippen LogP contribution in [-0.2, 0) is 30.3 Å². The molecule has 0 unspecified atom stereocenters. The zero-order chi connectivity index (χ0) is 32.8. The molecule has 0 spiro atoms. The minimum atomic E-state index is -0.956. The fourth-order valence-electron chi connectivity index (χ4n) is 4.50. The summed E-state index contributed by atoms with van der Waals surface area (Å²) in [5.41, 5.74) is 1.63. The molecule has 240 valence electrons. The zero-order valence-corrected chi connectivity index (χ0v) is 26.4. The lowest BCUT2D eigenvalue weighted by molar-refractivity contribution is -0.156. The van der Waals surface area contributed by atoms with E-state index in [9.17, 15) is 29.7 Å². The molecule has 0 radical (unpaired) electrons. The Morgan fingerprint density at radius 3 is 2.55 bits per heavy atom. The van der Waals surface area contributed by atoms with E-state index in [4.69, 9.17) is 9.47 Å². The predicted molar refractivity (Wildman–Crippen MR) is 170 cm³/mol. The fraction of sp³-hybridized carbons (Fsp3) is 0.441. The standard InChI is InChI=1S/C34H46N2O8/c1-7-21(2)33(41)35-24(5)34(42)44-29-17-12-10-8-9-11-16-27(43-6)20-30(38)36-28-19-26(37)18-25(32(28)40)15-13-14-22(3)31(39)23(29)4/h7-12,14,16,18-19,23-24,27,29,31,37,39-40H,13,15,17,20H2,1-6H3,(H,35,41)(H,36,38)/b9-8+,12-10+,16-11+,21-7+,22-14+/t23-,24-,27+,29+,31-/m1/s1. The van der Waals surface area contributed by atoms with E-state index in [0.29, 0.717) is 36.0 Å². The van der Waals surface area contributed by atoms with Crippen LogP contribution < -0.4 is 10.6 Å². The molecular weight excluding hydrogens is 564 g/mol. The number of rotatable bonds is 5. The first kappa shape index (κ1) is 36.0. The fourth-order valence-corrected chi connectivity index (χ4v) is 4.50. The zero-order valence-electron chi connectivity index (χ0n) is 26.4. The van der Waals surface area contributed by atoms with Gasteiger partial charge in [0, 0.05) is 31.1 Å². The number of methoxy groups -OCH3 is 1. The number of esters is 1. The number of carbonyl (C=O) groups excluding carboxylic acids is 3. The molecule has 5 N–H and O–H groups in total. The topological polar surface area (TPSA) is 154 Å². The van der Waals surface area contributed by atoms with Gasteiger partial charge in [-0.25, -0.2) is 4.79 Å². The highest BCUT2D eigenvalue weighted by atomic mass is 16.5. The van der Waals surface area contributed by atoms with Crippen molar-refractivity contribution in [3.8, 4) is 11.5 Å². The highest BCUT2D eigenvalue weighted by molar-refractivity contribution is 5.95. The molecular formula is C34H46N2O8. The minimum absolute atomic E-state index is 0.0148. The molecule has 1 aliphatic rings. The Morgan fingerprint density at radius 1 is 1.16 bits per heavy atom. The first-order chi connectivity index (χ1) is 20.9. The number of anilines is 1. The average molecular weight is 611 g/mol. The highest BCUT2D eigenvalue weighted by Crippen LogP contribution is 2.34. The molecule has 2 amide bonds. The number of ether oxygens (including phenoxy) is 2. The monoisotopic (exact) mass is 610 g/mol. The van der Waals surface area contributed by atoms with Gasteiger partial charge >= 0.3 is 5.97 Å². The SMILES string of the molecule is C/C=C(\C)C(=O)N[C@H](C)C(=O)O[C@H]1C/C=C/C=C/C=C/[C@H](OC)CC(=O)Nc2cc(O)cc(c2O)CC/C=C(\C)[C@@H](O)[C@@H]1C. The second-order valence-corrected chi connectivity index (χ2v) is 10.9. The van der Waals surface area contributed by atoms with Crippen LogP contribution in [0.5, 0.6) is 11.5 Å². The molecule has 2 rings (SSSR count). The van der Waals surface area contributed by atoms with E-state index in [-0.39, 0.29) is 29.5 Å². The van der Waals surface area contributed by atoms with Crippen molar-refractivity contribution in [1.29, 1.82) is 0 Å². The summed E-state index contributed by atoms with van der Waals surface area (Å²) in [5.74, 6) is -2.15. The van der Waals surface area contributed by atoms with Crippen LogP contribution in [0.4, 0.5) is 5.69 Å². The first-order valence-corrected chi connectivity index (χ1v) is 14.7. The molecule has 0 saturated carbocycles. The molecule has 0 fully saturated rings. The van der Waals surface area contributed by atoms with Gasteiger partial charge in [0.15, 0.2) is 0 Å². The molecule has 5 atom stereocenters. The smallest absolute Gasteiger partial charge is 0.328 e. The average Bonchev–Trinajstić information content (AvgIpc) is 2.99. The first-order valence-electron chi connectivity index (χ1n) is 14.7. The number of hydrogen-bond acceptors (Lipinski definition) is 8. The van der Waals surface area contributed by atoms with Crippen LogP contribution in [0.1, 0.15) is 59.4 Å². The maximum Gasteiger partial charge on any atom is 0.328 e. The Morgan fingerprint density at radius 2 is 1.86 bits per heavy atom. The molecule has 2 bridgehead atoms. The van der Waals surface area contributed by atoms with Gasteiger partial charge in [-0.1, -0.05) is 55.5 Å². The molecule has 10 nitrogen and oxygen atoms in total. The van der Waals surface area contributed by atoms with Crippen molar-refractivity contribution in [3.63, 3.8) is 0 Å². The Bertz CT molecular complexity index is 1310. The van der Waals surface area contributed by atoms with Gasteiger partial charge in [0.1, 0.15) is 23.6 Å². The number of aromatic hydroxyl groups is 2. The highest BCUT2D eigenvalue weighted by Gasteiger charge is 2.30. The van der Waals surface area contributed by atoms with Crippen LogP contribution in [0.25, 0.3) is 0 Å². The molecule has 1 heterocycles. The molecule has 1 aromatic carbocycles. The summed E-state index contributed by atoms with van der Waals surface area (Å²) in [5, 5.41) is 37.5. The van der Waals surface area contributed by atoms with Crippen molar-refractivity contribution in [3.05, 3.63) is 77.5 Å². The Hall–Kier alpha value is -4.15. The van der Waals surface area contributed by atoms with Crippen molar-refractivity contribution in [2.75, 3.05) is 12.4 Å². The van der Waals surface area contributed by atoms with Crippen LogP contribution in [0.2, 0.25) is 0 Å². The van der Waals surface area contributed by atoms with Crippen LogP contribution in [0.3, 0.4) is 0 Å². The largest absolute Gasteiger partial charge is 0.508 e. The summed E-state index contributed by atoms with van der Waals surface area (Å²) in [6.07, 6.45) is 12.9. The summed E-state index contributed by atoms with van der Waals surface area (Å²) in [6, 6.07) is 1.81. The van der Waals surface area contributed by atoms with Crippen LogP contribution in [0, 0.1) is 5.92 Å². The summed E-state index contributed by atoms with van der Waals surface area (Å²) in [7, 11) is 1.48. The predicted octanol–water partition coefficient (Wildman–Crippen LogP) is 4.77. The van der Waals surface area contributed by atoms with Crippen molar-refractivity contribution in [2.45, 2.75) is 84.7 Å². The minimum Gasteiger partial charge on any atom is -0.508 e. The molecule has 1 aromatic rings. The van der Waals surface area contributed by atoms with Crippen LogP contribution >= 0.6 is 0 Å². The number of benzene rings is 1. The van der Waals surface area contributed by atoms with E-state index in [2.05, 4.69) is 10.6 Å². The van der Waals surface area contributed by atoms with E-state index in [1.807, 2.05) is 12.2 Å². The number of amides is 2. The van der Waals surface area contributed by atoms with Crippen molar-refractivity contribution in [2.24, 2.45) is 5.92 Å². The number of aliphatic hydroxyl groups is 1. The third-order valence-corrected chi connectivity index (χ3v) is 7.49. The number of nitrogens with one attached hydrogen (secondary N) is 2. The van der Waals surface area contributed by atoms with Gasteiger partial charge in [-0.05, 0) is 57.7 Å². The number of aliphatic hydroxyl groups excluding tert-OH is 1. The second kappa shape index (κ2) is 17.8. The Kier molecular flexibility index (Phi) is 14.6. The third kappa shape index (κ3) is 11.2. The molecule has 0 aromatic heterocycles. The lowest BCUT2D eigenvalue weighted by atomic mass is 9.90. The summed E-state index contributed by atoms with van der Waals surface area (Å²) in [6.45, 7) is 8.49. The molecule has 0 saturated heterocycles. The van der Waals surface area contributed by atoms with Crippen molar-refractivity contribution < 1.29 is 39.2 Å². The Labute approximate surface area is 259 Å². The van der Waals surface area contributed by atoms with Gasteiger partial charge in [-0.15, -0.1) is 0 Å². The molecule has 1 aliphatic heterocycles. The van der Waals surface area contributed by atoms with E-state index in [1.54, 1.807) is 71.1 Å². The number of aryl methyl sites for hydroxylation is 1. The third-order valence-electron chi connectivity index (χ3n) is 7.49. The summed E-state index contributed by atoms with van der Waals surface area (Å²) < 4.78 is 11.2. The van der Waals surface area contributed by atoms with E-state index in [0.717, 1.165) is 0 Å². The number of carbonyl (C=O) groups is 3. The van der Waals surface area contributed by atoms with E-state index < -0.39 is 42.1 Å². The molecule has 0 aliphatic carbocycles. The van der Waals surface area contributed by atoms with Crippen LogP contribution in [0.15, 0.2) is 71.9 Å². The van der Waals surface area contributed by atoms with Gasteiger partial charge in [-0.3, -0.25) is 9.59 Å². The lowest BCUT2D eigenvalue weighted by Gasteiger charge is -2.29. The van der Waals surface area contributed by atoms with Crippen molar-refractivity contribution in [1.82, 2.24) is 5.32 Å². The maximum atomic E-state index is 13.0. The van der Waals surface area contributed by atoms with Gasteiger partial charge in [0.25, 0.3) is 0 Å². The summed E-state index contributed by atoms with van der Waals surface area (Å²) in [4.78, 5) is 37.8. The quantitative estimate of drug-likeness (QED) is 0.105.